The summed E-state index contributed by atoms with van der Waals surface area (Å²) in [6.45, 7) is 7.91. The number of nitrogens with two attached hydrogens (primary N) is 1. The van der Waals surface area contributed by atoms with Gasteiger partial charge in [-0.2, -0.15) is 0 Å². The van der Waals surface area contributed by atoms with Crippen LogP contribution in [0.2, 0.25) is 0 Å². The molecule has 2 aliphatic rings. The lowest BCUT2D eigenvalue weighted by molar-refractivity contribution is 0.00578. The van der Waals surface area contributed by atoms with Crippen molar-refractivity contribution in [2.24, 2.45) is 0 Å². The number of fused-ring (bicyclic) bond motifs is 3. The van der Waals surface area contributed by atoms with Crippen LogP contribution in [0.25, 0.3) is 17.2 Å². The average molecular weight is 540 g/mol. The molecule has 40 heavy (non-hydrogen) atoms. The Kier molecular flexibility index (Phi) is 7.20. The van der Waals surface area contributed by atoms with Crippen LogP contribution >= 0.6 is 0 Å². The molecule has 206 valence electrons. The number of carbonyl (C=O) groups is 2. The van der Waals surface area contributed by atoms with Crippen LogP contribution in [0.15, 0.2) is 72.2 Å². The summed E-state index contributed by atoms with van der Waals surface area (Å²) in [6, 6.07) is 20.9. The second kappa shape index (κ2) is 10.5. The zero-order chi connectivity index (χ0) is 28.7. The number of anilines is 1. The number of aromatic carboxylic acids is 1. The third-order valence-corrected chi connectivity index (χ3v) is 7.99. The summed E-state index contributed by atoms with van der Waals surface area (Å²) in [6.07, 6.45) is 1.06. The number of ether oxygens (including phenoxy) is 1. The van der Waals surface area contributed by atoms with Crippen molar-refractivity contribution in [3.8, 4) is 11.1 Å². The van der Waals surface area contributed by atoms with Crippen LogP contribution in [0, 0.1) is 0 Å². The van der Waals surface area contributed by atoms with Crippen molar-refractivity contribution in [2.75, 3.05) is 18.9 Å². The molecule has 1 fully saturated rings. The number of hydrogen-bond donors (Lipinski definition) is 3. The molecule has 4 N–H and O–H groups in total. The molecule has 0 atom stereocenters. The smallest absolute Gasteiger partial charge is 0.478 e. The van der Waals surface area contributed by atoms with Crippen molar-refractivity contribution >= 4 is 30.9 Å². The highest BCUT2D eigenvalue weighted by Crippen LogP contribution is 2.44. The number of alkyl carbamates (subject to hydrolysis) is 1. The number of carbonyl (C=O) groups excluding carboxylic acids is 1. The maximum Gasteiger partial charge on any atom is 0.492 e. The van der Waals surface area contributed by atoms with Crippen LogP contribution in [-0.4, -0.2) is 48.6 Å². The monoisotopic (exact) mass is 540 g/mol. The summed E-state index contributed by atoms with van der Waals surface area (Å²) in [5, 5.41) is 12.5. The summed E-state index contributed by atoms with van der Waals surface area (Å²) in [4.78, 5) is 24.8. The fraction of sp³-hybridized carbons (Fsp3) is 0.290. The summed E-state index contributed by atoms with van der Waals surface area (Å²) in [7, 11) is -0.807. The van der Waals surface area contributed by atoms with Crippen molar-refractivity contribution in [1.82, 2.24) is 5.32 Å². The number of carboxylic acids is 1. The van der Waals surface area contributed by atoms with Gasteiger partial charge in [0.2, 0.25) is 0 Å². The number of rotatable bonds is 7. The predicted molar refractivity (Wildman–Crippen MR) is 155 cm³/mol. The molecule has 0 unspecified atom stereocenters. The molecule has 1 amide bonds. The topological polar surface area (TPSA) is 120 Å². The van der Waals surface area contributed by atoms with E-state index in [1.54, 1.807) is 18.2 Å². The molecule has 1 saturated heterocycles. The molecule has 3 aromatic rings. The lowest BCUT2D eigenvalue weighted by Crippen LogP contribution is -2.41. The van der Waals surface area contributed by atoms with E-state index >= 15 is 0 Å². The van der Waals surface area contributed by atoms with Crippen molar-refractivity contribution < 1.29 is 28.7 Å². The van der Waals surface area contributed by atoms with Gasteiger partial charge in [0, 0.05) is 18.2 Å². The van der Waals surface area contributed by atoms with E-state index in [0.717, 1.165) is 22.3 Å². The SMILES string of the molecule is CC1(C)OB(C(=Cc2ccc(N)cc2C(=O)O)CNC(=O)OCC2c3ccccc3-c3ccccc32)OC1(C)C. The van der Waals surface area contributed by atoms with Crippen molar-refractivity contribution in [3.63, 3.8) is 0 Å². The van der Waals surface area contributed by atoms with E-state index in [0.29, 0.717) is 16.7 Å². The molecule has 8 nitrogen and oxygen atoms in total. The molecule has 0 aromatic heterocycles. The Morgan fingerprint density at radius 1 is 0.975 bits per heavy atom. The number of nitrogen functional groups attached to an aromatic ring is 1. The Labute approximate surface area is 234 Å². The van der Waals surface area contributed by atoms with Crippen LogP contribution in [0.5, 0.6) is 0 Å². The van der Waals surface area contributed by atoms with Crippen LogP contribution in [0.1, 0.15) is 60.7 Å². The molecule has 0 saturated carbocycles. The maximum atomic E-state index is 12.9. The fourth-order valence-electron chi connectivity index (χ4n) is 5.11. The second-order valence-corrected chi connectivity index (χ2v) is 11.1. The van der Waals surface area contributed by atoms with Gasteiger partial charge in [0.15, 0.2) is 0 Å². The van der Waals surface area contributed by atoms with E-state index in [1.165, 1.54) is 6.07 Å². The van der Waals surface area contributed by atoms with Gasteiger partial charge in [0.25, 0.3) is 0 Å². The highest BCUT2D eigenvalue weighted by Gasteiger charge is 2.52. The quantitative estimate of drug-likeness (QED) is 0.267. The molecular weight excluding hydrogens is 507 g/mol. The Morgan fingerprint density at radius 2 is 1.55 bits per heavy atom. The van der Waals surface area contributed by atoms with E-state index in [1.807, 2.05) is 52.0 Å². The molecule has 1 aliphatic heterocycles. The molecule has 0 bridgehead atoms. The lowest BCUT2D eigenvalue weighted by Gasteiger charge is -2.32. The van der Waals surface area contributed by atoms with Gasteiger partial charge in [-0.3, -0.25) is 0 Å². The molecule has 0 radical (unpaired) electrons. The zero-order valence-corrected chi connectivity index (χ0v) is 23.1. The third kappa shape index (κ3) is 5.22. The van der Waals surface area contributed by atoms with Gasteiger partial charge in [-0.1, -0.05) is 60.7 Å². The number of amides is 1. The zero-order valence-electron chi connectivity index (χ0n) is 23.1. The highest BCUT2D eigenvalue weighted by atomic mass is 16.7. The number of nitrogens with one attached hydrogen (secondary N) is 1. The summed E-state index contributed by atoms with van der Waals surface area (Å²) < 4.78 is 18.1. The van der Waals surface area contributed by atoms with E-state index in [9.17, 15) is 14.7 Å². The number of hydrogen-bond acceptors (Lipinski definition) is 6. The van der Waals surface area contributed by atoms with Crippen molar-refractivity contribution in [2.45, 2.75) is 44.8 Å². The minimum Gasteiger partial charge on any atom is -0.478 e. The first-order valence-electron chi connectivity index (χ1n) is 13.2. The predicted octanol–water partition coefficient (Wildman–Crippen LogP) is 5.52. The van der Waals surface area contributed by atoms with E-state index in [-0.39, 0.29) is 24.6 Å². The lowest BCUT2D eigenvalue weighted by atomic mass is 9.76. The first-order chi connectivity index (χ1) is 19.0. The first kappa shape index (κ1) is 27.5. The molecule has 5 rings (SSSR count). The standard InChI is InChI=1S/C31H33BN2O6/c1-30(2)31(3,4)40-32(39-30)20(15-19-13-14-21(33)16-26(19)28(35)36)17-34-29(37)38-18-27-24-11-7-5-9-22(24)23-10-6-8-12-25(23)27/h5-16,27H,17-18,33H2,1-4H3,(H,34,37)(H,35,36). The summed E-state index contributed by atoms with van der Waals surface area (Å²) >= 11 is 0. The van der Waals surface area contributed by atoms with E-state index < -0.39 is 30.4 Å². The minimum atomic E-state index is -1.11. The van der Waals surface area contributed by atoms with Crippen LogP contribution < -0.4 is 11.1 Å². The van der Waals surface area contributed by atoms with Gasteiger partial charge in [0.1, 0.15) is 6.61 Å². The molecular formula is C31H33BN2O6. The molecule has 1 heterocycles. The number of benzene rings is 3. The van der Waals surface area contributed by atoms with Crippen LogP contribution in [0.3, 0.4) is 0 Å². The van der Waals surface area contributed by atoms with Crippen LogP contribution in [-0.2, 0) is 14.0 Å². The van der Waals surface area contributed by atoms with Gasteiger partial charge >= 0.3 is 19.2 Å². The van der Waals surface area contributed by atoms with E-state index in [2.05, 4.69) is 29.6 Å². The Morgan fingerprint density at radius 3 is 2.12 bits per heavy atom. The molecule has 3 aromatic carbocycles. The second-order valence-electron chi connectivity index (χ2n) is 11.1. The minimum absolute atomic E-state index is 0.0247. The Bertz CT molecular complexity index is 1440. The molecule has 0 spiro atoms. The maximum absolute atomic E-state index is 12.9. The molecule has 9 heteroatoms. The molecule has 1 aliphatic carbocycles. The summed E-state index contributed by atoms with van der Waals surface area (Å²) in [5.74, 6) is -1.18. The van der Waals surface area contributed by atoms with Crippen molar-refractivity contribution in [1.29, 1.82) is 0 Å². The van der Waals surface area contributed by atoms with Gasteiger partial charge < -0.3 is 30.2 Å². The first-order valence-corrected chi connectivity index (χ1v) is 13.2. The Balaban J connectivity index is 1.34. The van der Waals surface area contributed by atoms with E-state index in [4.69, 9.17) is 19.8 Å². The van der Waals surface area contributed by atoms with Gasteiger partial charge in [-0.25, -0.2) is 9.59 Å². The van der Waals surface area contributed by atoms with Gasteiger partial charge in [-0.05, 0) is 73.1 Å². The third-order valence-electron chi connectivity index (χ3n) is 7.99. The Hall–Kier alpha value is -4.08. The summed E-state index contributed by atoms with van der Waals surface area (Å²) in [5.41, 5.74) is 10.4. The highest BCUT2D eigenvalue weighted by molar-refractivity contribution is 6.56. The largest absolute Gasteiger partial charge is 0.492 e. The van der Waals surface area contributed by atoms with Crippen molar-refractivity contribution in [3.05, 3.63) is 94.5 Å². The van der Waals surface area contributed by atoms with Gasteiger partial charge in [0.05, 0.1) is 16.8 Å². The normalized spacial score (nSPS) is 17.3. The average Bonchev–Trinajstić information content (AvgIpc) is 3.34. The number of carboxylic acid groups (broad SMARTS) is 1. The fourth-order valence-corrected chi connectivity index (χ4v) is 5.11. The van der Waals surface area contributed by atoms with Gasteiger partial charge in [-0.15, -0.1) is 0 Å². The van der Waals surface area contributed by atoms with Crippen LogP contribution in [0.4, 0.5) is 10.5 Å².